The Morgan fingerprint density at radius 2 is 1.62 bits per heavy atom. The van der Waals surface area contributed by atoms with Crippen LogP contribution in [0.4, 0.5) is 0 Å². The van der Waals surface area contributed by atoms with Crippen LogP contribution in [0.15, 0.2) is 0 Å². The number of hydrogen-bond acceptors (Lipinski definition) is 1. The summed E-state index contributed by atoms with van der Waals surface area (Å²) < 4.78 is 0. The Balaban J connectivity index is 2.06. The molecule has 0 aliphatic heterocycles. The van der Waals surface area contributed by atoms with E-state index in [4.69, 9.17) is 0 Å². The molecule has 0 amide bonds. The number of aliphatic hydroxyl groups excluding tert-OH is 1. The first-order valence-electron chi connectivity index (χ1n) is 9.40. The van der Waals surface area contributed by atoms with Crippen molar-refractivity contribution in [1.29, 1.82) is 0 Å². The fourth-order valence-corrected chi connectivity index (χ4v) is 5.71. The lowest BCUT2D eigenvalue weighted by Crippen LogP contribution is -2.52. The van der Waals surface area contributed by atoms with Crippen LogP contribution in [0.3, 0.4) is 0 Å². The van der Waals surface area contributed by atoms with E-state index in [-0.39, 0.29) is 11.5 Å². The van der Waals surface area contributed by atoms with E-state index in [0.29, 0.717) is 11.3 Å². The molecule has 0 aromatic rings. The maximum Gasteiger partial charge on any atom is 0.0624 e. The van der Waals surface area contributed by atoms with Crippen molar-refractivity contribution in [3.63, 3.8) is 0 Å². The second-order valence-corrected chi connectivity index (χ2v) is 9.24. The minimum Gasteiger partial charge on any atom is -0.392 e. The van der Waals surface area contributed by atoms with E-state index in [9.17, 15) is 5.11 Å². The van der Waals surface area contributed by atoms with Crippen LogP contribution in [0.5, 0.6) is 0 Å². The van der Waals surface area contributed by atoms with Crippen LogP contribution in [0.1, 0.15) is 86.5 Å². The number of aliphatic hydroxyl groups is 1. The zero-order valence-corrected chi connectivity index (χ0v) is 15.3. The van der Waals surface area contributed by atoms with E-state index < -0.39 is 0 Å². The maximum absolute atomic E-state index is 10.8. The summed E-state index contributed by atoms with van der Waals surface area (Å²) in [7, 11) is 0. The summed E-state index contributed by atoms with van der Waals surface area (Å²) in [4.78, 5) is 0. The highest BCUT2D eigenvalue weighted by Gasteiger charge is 2.61. The molecule has 1 nitrogen and oxygen atoms in total. The van der Waals surface area contributed by atoms with Gasteiger partial charge in [0, 0.05) is 0 Å². The van der Waals surface area contributed by atoms with Crippen molar-refractivity contribution in [2.75, 3.05) is 0 Å². The van der Waals surface area contributed by atoms with E-state index in [1.54, 1.807) is 0 Å². The van der Waals surface area contributed by atoms with E-state index in [1.807, 2.05) is 0 Å². The standard InChI is InChI=1S/C20H38O/c1-14(2)8-7-9-15(3)17-11-13-20(6)18(21)16(4)10-12-19(17,20)5/h14-18,21H,7-13H2,1-6H3/t15-,16+,17-,18+,19-,20+/m1/s1. The molecule has 2 saturated carbocycles. The van der Waals surface area contributed by atoms with Gasteiger partial charge in [0.2, 0.25) is 0 Å². The molecule has 0 heterocycles. The Bertz CT molecular complexity index is 350. The fourth-order valence-electron chi connectivity index (χ4n) is 5.71. The van der Waals surface area contributed by atoms with Gasteiger partial charge in [-0.25, -0.2) is 0 Å². The topological polar surface area (TPSA) is 20.2 Å². The van der Waals surface area contributed by atoms with Gasteiger partial charge >= 0.3 is 0 Å². The molecule has 0 saturated heterocycles. The molecule has 0 unspecified atom stereocenters. The van der Waals surface area contributed by atoms with Crippen molar-refractivity contribution >= 4 is 0 Å². The van der Waals surface area contributed by atoms with Gasteiger partial charge in [0.1, 0.15) is 0 Å². The zero-order valence-electron chi connectivity index (χ0n) is 15.3. The second kappa shape index (κ2) is 6.22. The predicted octanol–water partition coefficient (Wildman–Crippen LogP) is 5.66. The number of rotatable bonds is 5. The molecule has 0 radical (unpaired) electrons. The third-order valence-corrected chi connectivity index (χ3v) is 7.54. The largest absolute Gasteiger partial charge is 0.392 e. The highest BCUT2D eigenvalue weighted by atomic mass is 16.3. The van der Waals surface area contributed by atoms with Crippen molar-refractivity contribution in [2.45, 2.75) is 92.6 Å². The zero-order chi connectivity index (χ0) is 15.8. The number of fused-ring (bicyclic) bond motifs is 1. The van der Waals surface area contributed by atoms with Crippen LogP contribution in [-0.4, -0.2) is 11.2 Å². The van der Waals surface area contributed by atoms with E-state index >= 15 is 0 Å². The lowest BCUT2D eigenvalue weighted by atomic mass is 9.52. The summed E-state index contributed by atoms with van der Waals surface area (Å²) >= 11 is 0. The average Bonchev–Trinajstić information content (AvgIpc) is 2.68. The van der Waals surface area contributed by atoms with Crippen molar-refractivity contribution in [1.82, 2.24) is 0 Å². The summed E-state index contributed by atoms with van der Waals surface area (Å²) in [6, 6.07) is 0. The fraction of sp³-hybridized carbons (Fsp3) is 1.00. The van der Waals surface area contributed by atoms with Crippen molar-refractivity contribution in [3.05, 3.63) is 0 Å². The molecule has 2 aliphatic carbocycles. The van der Waals surface area contributed by atoms with Gasteiger partial charge in [0.15, 0.2) is 0 Å². The third kappa shape index (κ3) is 2.92. The van der Waals surface area contributed by atoms with Crippen molar-refractivity contribution in [2.24, 2.45) is 34.5 Å². The Kier molecular flexibility index (Phi) is 5.13. The second-order valence-electron chi connectivity index (χ2n) is 9.24. The summed E-state index contributed by atoms with van der Waals surface area (Å²) in [6.45, 7) is 14.3. The Morgan fingerprint density at radius 3 is 2.24 bits per heavy atom. The van der Waals surface area contributed by atoms with Gasteiger partial charge in [-0.05, 0) is 60.2 Å². The molecular weight excluding hydrogens is 256 g/mol. The lowest BCUT2D eigenvalue weighted by Gasteiger charge is -2.54. The summed E-state index contributed by atoms with van der Waals surface area (Å²) in [5.74, 6) is 2.95. The molecule has 1 heteroatoms. The molecule has 2 aliphatic rings. The summed E-state index contributed by atoms with van der Waals surface area (Å²) in [6.07, 6.45) is 9.12. The van der Waals surface area contributed by atoms with Crippen molar-refractivity contribution < 1.29 is 5.11 Å². The Labute approximate surface area is 132 Å². The third-order valence-electron chi connectivity index (χ3n) is 7.54. The quantitative estimate of drug-likeness (QED) is 0.693. The first-order chi connectivity index (χ1) is 9.72. The van der Waals surface area contributed by atoms with Gasteiger partial charge in [-0.1, -0.05) is 60.8 Å². The minimum atomic E-state index is -0.0934. The van der Waals surface area contributed by atoms with Crippen LogP contribution in [0, 0.1) is 34.5 Å². The first-order valence-corrected chi connectivity index (χ1v) is 9.40. The minimum absolute atomic E-state index is 0.0934. The van der Waals surface area contributed by atoms with Gasteiger partial charge in [-0.3, -0.25) is 0 Å². The average molecular weight is 295 g/mol. The predicted molar refractivity (Wildman–Crippen MR) is 91.2 cm³/mol. The molecule has 0 spiro atoms. The normalized spacial score (nSPS) is 44.9. The number of hydrogen-bond donors (Lipinski definition) is 1. The van der Waals surface area contributed by atoms with Crippen LogP contribution in [0.25, 0.3) is 0 Å². The SMILES string of the molecule is CC(C)CCC[C@@H](C)[C@H]1CC[C@@]2(C)[C@@H](O)[C@@H](C)CC[C@]12C. The van der Waals surface area contributed by atoms with E-state index in [0.717, 1.165) is 17.8 Å². The van der Waals surface area contributed by atoms with Crippen LogP contribution < -0.4 is 0 Å². The molecule has 21 heavy (non-hydrogen) atoms. The Hall–Kier alpha value is -0.0400. The molecule has 1 N–H and O–H groups in total. The molecule has 2 rings (SSSR count). The van der Waals surface area contributed by atoms with Crippen molar-refractivity contribution in [3.8, 4) is 0 Å². The van der Waals surface area contributed by atoms with Crippen LogP contribution in [0.2, 0.25) is 0 Å². The summed E-state index contributed by atoms with van der Waals surface area (Å²) in [5, 5.41) is 10.8. The maximum atomic E-state index is 10.8. The molecule has 0 bridgehead atoms. The molecule has 6 atom stereocenters. The highest BCUT2D eigenvalue weighted by molar-refractivity contribution is 5.10. The van der Waals surface area contributed by atoms with E-state index in [2.05, 4.69) is 41.5 Å². The van der Waals surface area contributed by atoms with Gasteiger partial charge in [-0.2, -0.15) is 0 Å². The Morgan fingerprint density at radius 1 is 1.00 bits per heavy atom. The smallest absolute Gasteiger partial charge is 0.0624 e. The van der Waals surface area contributed by atoms with Gasteiger partial charge in [0.25, 0.3) is 0 Å². The summed E-state index contributed by atoms with van der Waals surface area (Å²) in [5.41, 5.74) is 0.512. The van der Waals surface area contributed by atoms with Gasteiger partial charge in [-0.15, -0.1) is 0 Å². The monoisotopic (exact) mass is 294 g/mol. The molecule has 124 valence electrons. The molecule has 0 aromatic carbocycles. The van der Waals surface area contributed by atoms with E-state index in [1.165, 1.54) is 44.9 Å². The lowest BCUT2D eigenvalue weighted by molar-refractivity contribution is -0.122. The first kappa shape index (κ1) is 17.3. The van der Waals surface area contributed by atoms with Crippen LogP contribution in [-0.2, 0) is 0 Å². The van der Waals surface area contributed by atoms with Gasteiger partial charge in [0.05, 0.1) is 6.10 Å². The van der Waals surface area contributed by atoms with Crippen LogP contribution >= 0.6 is 0 Å². The molecule has 2 fully saturated rings. The van der Waals surface area contributed by atoms with Gasteiger partial charge < -0.3 is 5.11 Å². The molecule has 0 aromatic heterocycles. The molecular formula is C20H38O. The highest BCUT2D eigenvalue weighted by Crippen LogP contribution is 2.66.